The summed E-state index contributed by atoms with van der Waals surface area (Å²) in [6.45, 7) is 9.08. The van der Waals surface area contributed by atoms with Gasteiger partial charge in [-0.1, -0.05) is 64.1 Å². The zero-order chi connectivity index (χ0) is 22.5. The highest BCUT2D eigenvalue weighted by Crippen LogP contribution is 2.39. The highest BCUT2D eigenvalue weighted by Gasteiger charge is 2.22. The van der Waals surface area contributed by atoms with E-state index in [-0.39, 0.29) is 5.92 Å². The van der Waals surface area contributed by atoms with Crippen LogP contribution in [0.1, 0.15) is 74.6 Å². The lowest BCUT2D eigenvalue weighted by atomic mass is 9.79. The van der Waals surface area contributed by atoms with Crippen LogP contribution < -0.4 is 17.2 Å². The normalized spacial score (nSPS) is 13.5. The molecule has 6 N–H and O–H groups in total. The van der Waals surface area contributed by atoms with Gasteiger partial charge in [0, 0.05) is 28.9 Å². The predicted molar refractivity (Wildman–Crippen MR) is 135 cm³/mol. The van der Waals surface area contributed by atoms with Crippen LogP contribution in [-0.2, 0) is 0 Å². The van der Waals surface area contributed by atoms with Crippen LogP contribution in [0.4, 0.5) is 17.1 Å². The molecule has 0 heterocycles. The van der Waals surface area contributed by atoms with Gasteiger partial charge in [0.05, 0.1) is 0 Å². The first-order valence-electron chi connectivity index (χ1n) is 11.3. The third kappa shape index (κ3) is 5.81. The Morgan fingerprint density at radius 2 is 0.968 bits per heavy atom. The molecule has 2 unspecified atom stereocenters. The van der Waals surface area contributed by atoms with Gasteiger partial charge in [0.15, 0.2) is 0 Å². The monoisotopic (exact) mass is 415 g/mol. The van der Waals surface area contributed by atoms with Crippen molar-refractivity contribution in [2.45, 2.75) is 52.4 Å². The topological polar surface area (TPSA) is 78.1 Å². The van der Waals surface area contributed by atoms with Crippen LogP contribution in [0.15, 0.2) is 66.7 Å². The summed E-state index contributed by atoms with van der Waals surface area (Å²) in [6, 6.07) is 23.2. The molecule has 2 atom stereocenters. The standard InChI is InChI=1S/C28H37N3/c1-18(2)15-25(20-5-10-23(29)11-6-20)22-9-14-28(31)27(17-22)26(16-19(3)4)21-7-12-24(30)13-8-21/h5-14,17-19,25-26H,15-16,29-31H2,1-4H3. The molecule has 0 amide bonds. The van der Waals surface area contributed by atoms with Crippen molar-refractivity contribution in [3.8, 4) is 0 Å². The highest BCUT2D eigenvalue weighted by atomic mass is 14.6. The van der Waals surface area contributed by atoms with Crippen LogP contribution in [-0.4, -0.2) is 0 Å². The van der Waals surface area contributed by atoms with Crippen LogP contribution in [0.5, 0.6) is 0 Å². The first-order valence-corrected chi connectivity index (χ1v) is 11.3. The fourth-order valence-electron chi connectivity index (χ4n) is 4.42. The summed E-state index contributed by atoms with van der Waals surface area (Å²) in [7, 11) is 0. The number of hydrogen-bond acceptors (Lipinski definition) is 3. The number of anilines is 3. The van der Waals surface area contributed by atoms with E-state index < -0.39 is 0 Å². The molecule has 3 aromatic carbocycles. The van der Waals surface area contributed by atoms with Crippen molar-refractivity contribution in [3.63, 3.8) is 0 Å². The number of nitrogens with two attached hydrogens (primary N) is 3. The van der Waals surface area contributed by atoms with Crippen molar-refractivity contribution in [2.75, 3.05) is 17.2 Å². The minimum absolute atomic E-state index is 0.242. The Morgan fingerprint density at radius 1 is 0.548 bits per heavy atom. The van der Waals surface area contributed by atoms with Gasteiger partial charge >= 0.3 is 0 Å². The van der Waals surface area contributed by atoms with Gasteiger partial charge in [-0.3, -0.25) is 0 Å². The van der Waals surface area contributed by atoms with Crippen LogP contribution in [0, 0.1) is 11.8 Å². The minimum Gasteiger partial charge on any atom is -0.399 e. The van der Waals surface area contributed by atoms with Crippen molar-refractivity contribution >= 4 is 17.1 Å². The molecule has 0 spiro atoms. The second kappa shape index (κ2) is 9.91. The fourth-order valence-corrected chi connectivity index (χ4v) is 4.42. The van der Waals surface area contributed by atoms with E-state index in [0.717, 1.165) is 29.9 Å². The molecule has 3 aromatic rings. The molecule has 31 heavy (non-hydrogen) atoms. The lowest BCUT2D eigenvalue weighted by Gasteiger charge is -2.26. The van der Waals surface area contributed by atoms with E-state index in [2.05, 4.69) is 70.2 Å². The Hall–Kier alpha value is -2.94. The third-order valence-corrected chi connectivity index (χ3v) is 5.98. The van der Waals surface area contributed by atoms with E-state index in [9.17, 15) is 0 Å². The molecule has 0 aliphatic carbocycles. The maximum absolute atomic E-state index is 6.55. The number of hydrogen-bond donors (Lipinski definition) is 3. The Morgan fingerprint density at radius 3 is 1.45 bits per heavy atom. The Balaban J connectivity index is 2.08. The molecule has 0 aromatic heterocycles. The molecule has 3 rings (SSSR count). The summed E-state index contributed by atoms with van der Waals surface area (Å²) < 4.78 is 0. The summed E-state index contributed by atoms with van der Waals surface area (Å²) in [5.74, 6) is 1.68. The predicted octanol–water partition coefficient (Wildman–Crippen LogP) is 6.79. The molecule has 0 fully saturated rings. The van der Waals surface area contributed by atoms with Crippen LogP contribution in [0.25, 0.3) is 0 Å². The van der Waals surface area contributed by atoms with Gasteiger partial charge in [-0.25, -0.2) is 0 Å². The van der Waals surface area contributed by atoms with Crippen molar-refractivity contribution in [3.05, 3.63) is 89.0 Å². The van der Waals surface area contributed by atoms with Crippen molar-refractivity contribution < 1.29 is 0 Å². The average molecular weight is 416 g/mol. The number of nitrogen functional groups attached to an aromatic ring is 3. The van der Waals surface area contributed by atoms with Gasteiger partial charge in [-0.2, -0.15) is 0 Å². The molecule has 164 valence electrons. The summed E-state index contributed by atoms with van der Waals surface area (Å²) >= 11 is 0. The van der Waals surface area contributed by atoms with E-state index in [1.165, 1.54) is 22.3 Å². The van der Waals surface area contributed by atoms with Crippen LogP contribution >= 0.6 is 0 Å². The Bertz CT molecular complexity index is 972. The van der Waals surface area contributed by atoms with E-state index in [1.807, 2.05) is 24.3 Å². The van der Waals surface area contributed by atoms with Crippen molar-refractivity contribution in [2.24, 2.45) is 11.8 Å². The van der Waals surface area contributed by atoms with E-state index in [4.69, 9.17) is 17.2 Å². The summed E-state index contributed by atoms with van der Waals surface area (Å²) in [4.78, 5) is 0. The molecule has 0 aliphatic rings. The molecular formula is C28H37N3. The molecule has 0 bridgehead atoms. The van der Waals surface area contributed by atoms with Gasteiger partial charge < -0.3 is 17.2 Å². The summed E-state index contributed by atoms with van der Waals surface area (Å²) in [5, 5.41) is 0. The molecule has 0 saturated heterocycles. The molecule has 3 nitrogen and oxygen atoms in total. The molecule has 3 heteroatoms. The van der Waals surface area contributed by atoms with Crippen molar-refractivity contribution in [1.29, 1.82) is 0 Å². The molecule has 0 saturated carbocycles. The largest absolute Gasteiger partial charge is 0.399 e. The number of benzene rings is 3. The van der Waals surface area contributed by atoms with E-state index in [0.29, 0.717) is 17.8 Å². The van der Waals surface area contributed by atoms with Gasteiger partial charge in [0.1, 0.15) is 0 Å². The second-order valence-electron chi connectivity index (χ2n) is 9.59. The van der Waals surface area contributed by atoms with E-state index in [1.54, 1.807) is 0 Å². The minimum atomic E-state index is 0.242. The highest BCUT2D eigenvalue weighted by molar-refractivity contribution is 5.56. The van der Waals surface area contributed by atoms with Crippen LogP contribution in [0.2, 0.25) is 0 Å². The molecular weight excluding hydrogens is 378 g/mol. The van der Waals surface area contributed by atoms with Gasteiger partial charge in [0.2, 0.25) is 0 Å². The average Bonchev–Trinajstić information content (AvgIpc) is 2.72. The lowest BCUT2D eigenvalue weighted by molar-refractivity contribution is 0.535. The first kappa shape index (κ1) is 22.7. The summed E-state index contributed by atoms with van der Waals surface area (Å²) in [6.07, 6.45) is 2.11. The van der Waals surface area contributed by atoms with Gasteiger partial charge in [-0.15, -0.1) is 0 Å². The number of rotatable bonds is 8. The smallest absolute Gasteiger partial charge is 0.0353 e. The SMILES string of the molecule is CC(C)CC(c1ccc(N)cc1)c1ccc(N)c(C(CC(C)C)c2ccc(N)cc2)c1. The first-order chi connectivity index (χ1) is 14.7. The third-order valence-electron chi connectivity index (χ3n) is 5.98. The zero-order valence-electron chi connectivity index (χ0n) is 19.3. The molecule has 0 radical (unpaired) electrons. The molecule has 0 aliphatic heterocycles. The zero-order valence-corrected chi connectivity index (χ0v) is 19.3. The Kier molecular flexibility index (Phi) is 7.27. The summed E-state index contributed by atoms with van der Waals surface area (Å²) in [5.41, 5.74) is 26.0. The van der Waals surface area contributed by atoms with Crippen molar-refractivity contribution in [1.82, 2.24) is 0 Å². The Labute approximate surface area is 187 Å². The quantitative estimate of drug-likeness (QED) is 0.354. The lowest BCUT2D eigenvalue weighted by Crippen LogP contribution is -2.11. The van der Waals surface area contributed by atoms with Gasteiger partial charge in [0.25, 0.3) is 0 Å². The van der Waals surface area contributed by atoms with Crippen LogP contribution in [0.3, 0.4) is 0 Å². The fraction of sp³-hybridized carbons (Fsp3) is 0.357. The maximum Gasteiger partial charge on any atom is 0.0353 e. The van der Waals surface area contributed by atoms with E-state index >= 15 is 0 Å². The van der Waals surface area contributed by atoms with Gasteiger partial charge in [-0.05, 0) is 77.3 Å². The maximum atomic E-state index is 6.55. The second-order valence-corrected chi connectivity index (χ2v) is 9.59.